The van der Waals surface area contributed by atoms with Gasteiger partial charge >= 0.3 is 0 Å². The molecule has 0 bridgehead atoms. The van der Waals surface area contributed by atoms with Crippen LogP contribution < -0.4 is 0 Å². The molecule has 0 saturated heterocycles. The standard InChI is InChI=1S/C11H11NOS2/c13-15(9-5-4-8-12-10-14)11-6-2-1-3-7-11/h1-3,5-7,9H,4,8H2/b9-5+. The Morgan fingerprint density at radius 2 is 2.13 bits per heavy atom. The highest BCUT2D eigenvalue weighted by Gasteiger charge is 1.95. The first-order valence-corrected chi connectivity index (χ1v) is 6.12. The minimum absolute atomic E-state index is 0.603. The number of aliphatic imine (C=N–C) groups is 1. The van der Waals surface area contributed by atoms with Gasteiger partial charge in [0.1, 0.15) is 0 Å². The summed E-state index contributed by atoms with van der Waals surface area (Å²) in [4.78, 5) is 4.57. The van der Waals surface area contributed by atoms with Crippen LogP contribution in [0.5, 0.6) is 0 Å². The molecular formula is C11H11NOS2. The summed E-state index contributed by atoms with van der Waals surface area (Å²) < 4.78 is 11.6. The van der Waals surface area contributed by atoms with Crippen LogP contribution in [0.2, 0.25) is 0 Å². The van der Waals surface area contributed by atoms with Crippen molar-refractivity contribution >= 4 is 28.2 Å². The van der Waals surface area contributed by atoms with Crippen LogP contribution in [0.4, 0.5) is 0 Å². The van der Waals surface area contributed by atoms with Gasteiger partial charge in [0, 0.05) is 10.3 Å². The van der Waals surface area contributed by atoms with E-state index in [2.05, 4.69) is 22.4 Å². The van der Waals surface area contributed by atoms with Crippen LogP contribution in [0, 0.1) is 0 Å². The van der Waals surface area contributed by atoms with Crippen molar-refractivity contribution in [2.75, 3.05) is 6.54 Å². The van der Waals surface area contributed by atoms with Crippen molar-refractivity contribution in [3.05, 3.63) is 41.8 Å². The monoisotopic (exact) mass is 237 g/mol. The SMILES string of the molecule is O=S(/C=C/CCN=C=S)c1ccccc1. The lowest BCUT2D eigenvalue weighted by molar-refractivity contribution is 0.688. The quantitative estimate of drug-likeness (QED) is 0.448. The third kappa shape index (κ3) is 4.79. The Labute approximate surface area is 97.2 Å². The Balaban J connectivity index is 2.46. The van der Waals surface area contributed by atoms with E-state index < -0.39 is 10.8 Å². The zero-order valence-electron chi connectivity index (χ0n) is 8.13. The predicted octanol–water partition coefficient (Wildman–Crippen LogP) is 2.80. The van der Waals surface area contributed by atoms with Crippen LogP contribution in [0.15, 0.2) is 51.7 Å². The summed E-state index contributed by atoms with van der Waals surface area (Å²) in [6.07, 6.45) is 2.58. The zero-order valence-corrected chi connectivity index (χ0v) is 9.76. The molecule has 1 atom stereocenters. The molecule has 0 aliphatic heterocycles. The van der Waals surface area contributed by atoms with Crippen LogP contribution in [-0.4, -0.2) is 15.9 Å². The Morgan fingerprint density at radius 3 is 2.80 bits per heavy atom. The van der Waals surface area contributed by atoms with E-state index in [1.807, 2.05) is 36.4 Å². The van der Waals surface area contributed by atoms with Crippen molar-refractivity contribution in [1.29, 1.82) is 0 Å². The van der Waals surface area contributed by atoms with Gasteiger partial charge in [-0.3, -0.25) is 0 Å². The Bertz CT molecular complexity index is 394. The Morgan fingerprint density at radius 1 is 1.40 bits per heavy atom. The first-order valence-electron chi connectivity index (χ1n) is 4.50. The average molecular weight is 237 g/mol. The molecule has 0 heterocycles. The molecule has 1 rings (SSSR count). The molecule has 0 aromatic heterocycles. The van der Waals surface area contributed by atoms with Crippen molar-refractivity contribution in [3.8, 4) is 0 Å². The van der Waals surface area contributed by atoms with Crippen molar-refractivity contribution < 1.29 is 4.21 Å². The van der Waals surface area contributed by atoms with Crippen LogP contribution in [-0.2, 0) is 10.8 Å². The number of hydrogen-bond acceptors (Lipinski definition) is 3. The van der Waals surface area contributed by atoms with E-state index in [4.69, 9.17) is 0 Å². The second-order valence-electron chi connectivity index (χ2n) is 2.74. The molecule has 0 spiro atoms. The summed E-state index contributed by atoms with van der Waals surface area (Å²) in [5.74, 6) is 0. The van der Waals surface area contributed by atoms with E-state index in [0.29, 0.717) is 6.54 Å². The molecule has 1 aromatic rings. The molecule has 0 fully saturated rings. The highest BCUT2D eigenvalue weighted by Crippen LogP contribution is 2.06. The van der Waals surface area contributed by atoms with E-state index in [9.17, 15) is 4.21 Å². The first kappa shape index (κ1) is 12.0. The second kappa shape index (κ2) is 7.23. The van der Waals surface area contributed by atoms with E-state index >= 15 is 0 Å². The third-order valence-corrected chi connectivity index (χ3v) is 2.97. The van der Waals surface area contributed by atoms with Gasteiger partial charge in [0.05, 0.1) is 22.5 Å². The van der Waals surface area contributed by atoms with Crippen molar-refractivity contribution in [2.45, 2.75) is 11.3 Å². The molecule has 4 heteroatoms. The predicted molar refractivity (Wildman–Crippen MR) is 66.5 cm³/mol. The van der Waals surface area contributed by atoms with Gasteiger partial charge in [-0.05, 0) is 30.8 Å². The van der Waals surface area contributed by atoms with Gasteiger partial charge in [-0.2, -0.15) is 0 Å². The summed E-state index contributed by atoms with van der Waals surface area (Å²) in [7, 11) is -1.06. The molecule has 0 saturated carbocycles. The van der Waals surface area contributed by atoms with Crippen LogP contribution in [0.3, 0.4) is 0 Å². The number of hydrogen-bond donors (Lipinski definition) is 0. The van der Waals surface area contributed by atoms with E-state index in [-0.39, 0.29) is 0 Å². The number of rotatable bonds is 5. The van der Waals surface area contributed by atoms with Gasteiger partial charge in [0.15, 0.2) is 0 Å². The average Bonchev–Trinajstić information content (AvgIpc) is 2.30. The molecule has 15 heavy (non-hydrogen) atoms. The second-order valence-corrected chi connectivity index (χ2v) is 4.26. The molecular weight excluding hydrogens is 226 g/mol. The largest absolute Gasteiger partial charge is 0.250 e. The maximum absolute atomic E-state index is 11.6. The zero-order chi connectivity index (χ0) is 10.9. The maximum Gasteiger partial charge on any atom is 0.0772 e. The van der Waals surface area contributed by atoms with Crippen molar-refractivity contribution in [2.24, 2.45) is 4.99 Å². The summed E-state index contributed by atoms with van der Waals surface area (Å²) in [6.45, 7) is 0.603. The first-order chi connectivity index (χ1) is 7.34. The van der Waals surface area contributed by atoms with E-state index in [0.717, 1.165) is 11.3 Å². The highest BCUT2D eigenvalue weighted by atomic mass is 32.2. The van der Waals surface area contributed by atoms with Gasteiger partial charge < -0.3 is 0 Å². The normalized spacial score (nSPS) is 12.3. The van der Waals surface area contributed by atoms with Crippen LogP contribution in [0.25, 0.3) is 0 Å². The fraction of sp³-hybridized carbons (Fsp3) is 0.182. The maximum atomic E-state index is 11.6. The highest BCUT2D eigenvalue weighted by molar-refractivity contribution is 7.88. The lowest BCUT2D eigenvalue weighted by Gasteiger charge is -1.94. The molecule has 1 aromatic carbocycles. The van der Waals surface area contributed by atoms with Crippen molar-refractivity contribution in [3.63, 3.8) is 0 Å². The Kier molecular flexibility index (Phi) is 5.78. The molecule has 0 radical (unpaired) electrons. The van der Waals surface area contributed by atoms with E-state index in [1.165, 1.54) is 0 Å². The van der Waals surface area contributed by atoms with Gasteiger partial charge in [0.25, 0.3) is 0 Å². The molecule has 0 amide bonds. The lowest BCUT2D eigenvalue weighted by atomic mass is 10.4. The summed E-state index contributed by atoms with van der Waals surface area (Å²) >= 11 is 4.43. The number of nitrogens with zero attached hydrogens (tertiary/aromatic N) is 1. The fourth-order valence-corrected chi connectivity index (χ4v) is 1.96. The molecule has 2 nitrogen and oxygen atoms in total. The Hall–Kier alpha value is -1.09. The van der Waals surface area contributed by atoms with Crippen molar-refractivity contribution in [1.82, 2.24) is 0 Å². The lowest BCUT2D eigenvalue weighted by Crippen LogP contribution is -1.85. The number of isothiocyanates is 1. The minimum Gasteiger partial charge on any atom is -0.250 e. The minimum atomic E-state index is -1.06. The third-order valence-electron chi connectivity index (χ3n) is 1.67. The van der Waals surface area contributed by atoms with Gasteiger partial charge in [-0.15, -0.1) is 0 Å². The molecule has 1 unspecified atom stereocenters. The van der Waals surface area contributed by atoms with Crippen LogP contribution in [0.1, 0.15) is 6.42 Å². The summed E-state index contributed by atoms with van der Waals surface area (Å²) in [6, 6.07) is 9.33. The topological polar surface area (TPSA) is 29.4 Å². The fourth-order valence-electron chi connectivity index (χ4n) is 0.973. The van der Waals surface area contributed by atoms with Gasteiger partial charge in [-0.25, -0.2) is 9.20 Å². The summed E-state index contributed by atoms with van der Waals surface area (Å²) in [5.41, 5.74) is 0. The molecule has 0 aliphatic carbocycles. The van der Waals surface area contributed by atoms with Gasteiger partial charge in [0.2, 0.25) is 0 Å². The molecule has 0 aliphatic rings. The summed E-state index contributed by atoms with van der Waals surface area (Å²) in [5, 5.41) is 3.96. The smallest absolute Gasteiger partial charge is 0.0772 e. The molecule has 78 valence electrons. The van der Waals surface area contributed by atoms with Gasteiger partial charge in [-0.1, -0.05) is 24.3 Å². The number of benzene rings is 1. The molecule has 0 N–H and O–H groups in total. The van der Waals surface area contributed by atoms with E-state index in [1.54, 1.807) is 5.41 Å². The number of thiocarbonyl (C=S) groups is 1. The van der Waals surface area contributed by atoms with Crippen LogP contribution >= 0.6 is 12.2 Å².